The van der Waals surface area contributed by atoms with Crippen molar-refractivity contribution in [1.82, 2.24) is 4.98 Å². The molecule has 0 unspecified atom stereocenters. The van der Waals surface area contributed by atoms with Crippen LogP contribution in [0.1, 0.15) is 28.8 Å². The number of nitrogens with zero attached hydrogens (tertiary/aromatic N) is 2. The predicted molar refractivity (Wildman–Crippen MR) is 86.4 cm³/mol. The zero-order valence-electron chi connectivity index (χ0n) is 12.3. The zero-order chi connectivity index (χ0) is 14.7. The summed E-state index contributed by atoms with van der Waals surface area (Å²) in [6, 6.07) is 10.4. The van der Waals surface area contributed by atoms with Crippen molar-refractivity contribution in [2.75, 3.05) is 5.32 Å². The van der Waals surface area contributed by atoms with Gasteiger partial charge in [0, 0.05) is 17.6 Å². The van der Waals surface area contributed by atoms with E-state index < -0.39 is 0 Å². The molecule has 0 radical (unpaired) electrons. The second kappa shape index (κ2) is 5.95. The fraction of sp³-hybridized carbons (Fsp3) is 0.294. The molecule has 4 nitrogen and oxygen atoms in total. The van der Waals surface area contributed by atoms with Crippen LogP contribution >= 0.6 is 0 Å². The van der Waals surface area contributed by atoms with Crippen LogP contribution in [0.4, 0.5) is 5.69 Å². The number of benzene rings is 1. The van der Waals surface area contributed by atoms with Crippen molar-refractivity contribution in [2.24, 2.45) is 10.7 Å². The SMILES string of the molecule is Cc1ccc(CN=C(N)Nc2ccc3c(c2)CCC3)cn1. The molecule has 1 aliphatic rings. The standard InChI is InChI=1S/C17H20N4/c1-12-5-6-13(10-19-12)11-20-17(18)21-16-8-7-14-3-2-4-15(14)9-16/h5-10H,2-4,11H2,1H3,(H3,18,20,21). The summed E-state index contributed by atoms with van der Waals surface area (Å²) < 4.78 is 0. The lowest BCUT2D eigenvalue weighted by atomic mass is 10.1. The molecule has 2 aromatic rings. The van der Waals surface area contributed by atoms with E-state index in [-0.39, 0.29) is 0 Å². The second-order valence-corrected chi connectivity index (χ2v) is 5.47. The average Bonchev–Trinajstić information content (AvgIpc) is 2.94. The monoisotopic (exact) mass is 280 g/mol. The summed E-state index contributed by atoms with van der Waals surface area (Å²) in [5.41, 5.74) is 11.9. The number of nitrogens with two attached hydrogens (primary N) is 1. The molecule has 1 aliphatic carbocycles. The van der Waals surface area contributed by atoms with E-state index in [1.54, 1.807) is 0 Å². The van der Waals surface area contributed by atoms with Crippen molar-refractivity contribution in [3.05, 3.63) is 58.9 Å². The molecule has 3 rings (SSSR count). The Morgan fingerprint density at radius 1 is 1.24 bits per heavy atom. The molecule has 0 amide bonds. The maximum atomic E-state index is 5.95. The number of aliphatic imine (C=N–C) groups is 1. The van der Waals surface area contributed by atoms with Crippen LogP contribution < -0.4 is 11.1 Å². The highest BCUT2D eigenvalue weighted by molar-refractivity contribution is 5.92. The minimum Gasteiger partial charge on any atom is -0.370 e. The van der Waals surface area contributed by atoms with Gasteiger partial charge in [-0.15, -0.1) is 0 Å². The fourth-order valence-corrected chi connectivity index (χ4v) is 2.61. The third-order valence-electron chi connectivity index (χ3n) is 3.78. The summed E-state index contributed by atoms with van der Waals surface area (Å²) >= 11 is 0. The van der Waals surface area contributed by atoms with Gasteiger partial charge in [0.2, 0.25) is 0 Å². The highest BCUT2D eigenvalue weighted by atomic mass is 15.1. The number of hydrogen-bond donors (Lipinski definition) is 2. The van der Waals surface area contributed by atoms with E-state index in [0.29, 0.717) is 12.5 Å². The van der Waals surface area contributed by atoms with Gasteiger partial charge in [0.15, 0.2) is 5.96 Å². The van der Waals surface area contributed by atoms with Gasteiger partial charge in [-0.3, -0.25) is 4.98 Å². The largest absolute Gasteiger partial charge is 0.370 e. The Hall–Kier alpha value is -2.36. The maximum absolute atomic E-state index is 5.95. The summed E-state index contributed by atoms with van der Waals surface area (Å²) in [4.78, 5) is 8.61. The predicted octanol–water partition coefficient (Wildman–Crippen LogP) is 2.81. The number of guanidine groups is 1. The number of hydrogen-bond acceptors (Lipinski definition) is 2. The number of nitrogens with one attached hydrogen (secondary N) is 1. The molecule has 21 heavy (non-hydrogen) atoms. The minimum absolute atomic E-state index is 0.438. The van der Waals surface area contributed by atoms with E-state index in [9.17, 15) is 0 Å². The third-order valence-corrected chi connectivity index (χ3v) is 3.78. The lowest BCUT2D eigenvalue weighted by Gasteiger charge is -2.08. The molecular weight excluding hydrogens is 260 g/mol. The van der Waals surface area contributed by atoms with Gasteiger partial charge in [0.25, 0.3) is 0 Å². The van der Waals surface area contributed by atoms with Crippen LogP contribution in [-0.2, 0) is 19.4 Å². The molecule has 108 valence electrons. The minimum atomic E-state index is 0.438. The first kappa shape index (κ1) is 13.6. The summed E-state index contributed by atoms with van der Waals surface area (Å²) in [5.74, 6) is 0.438. The van der Waals surface area contributed by atoms with Crippen LogP contribution in [0.25, 0.3) is 0 Å². The number of anilines is 1. The Balaban J connectivity index is 1.64. The average molecular weight is 280 g/mol. The Labute approximate surface area is 125 Å². The Bertz CT molecular complexity index is 659. The number of fused-ring (bicyclic) bond motifs is 1. The molecule has 0 aliphatic heterocycles. The van der Waals surface area contributed by atoms with Crippen LogP contribution in [-0.4, -0.2) is 10.9 Å². The highest BCUT2D eigenvalue weighted by Gasteiger charge is 2.10. The van der Waals surface area contributed by atoms with Crippen molar-refractivity contribution in [1.29, 1.82) is 0 Å². The van der Waals surface area contributed by atoms with Gasteiger partial charge in [-0.25, -0.2) is 4.99 Å². The highest BCUT2D eigenvalue weighted by Crippen LogP contribution is 2.24. The first-order valence-electron chi connectivity index (χ1n) is 7.31. The summed E-state index contributed by atoms with van der Waals surface area (Å²) in [6.45, 7) is 2.51. The number of rotatable bonds is 3. The van der Waals surface area contributed by atoms with E-state index in [0.717, 1.165) is 23.4 Å². The molecule has 0 atom stereocenters. The quantitative estimate of drug-likeness (QED) is 0.671. The number of aromatic nitrogens is 1. The van der Waals surface area contributed by atoms with Crippen LogP contribution in [0.3, 0.4) is 0 Å². The van der Waals surface area contributed by atoms with Crippen LogP contribution in [0.15, 0.2) is 41.5 Å². The van der Waals surface area contributed by atoms with Gasteiger partial charge in [0.05, 0.1) is 6.54 Å². The fourth-order valence-electron chi connectivity index (χ4n) is 2.61. The zero-order valence-corrected chi connectivity index (χ0v) is 12.3. The van der Waals surface area contributed by atoms with Gasteiger partial charge in [-0.05, 0) is 61.1 Å². The van der Waals surface area contributed by atoms with Gasteiger partial charge < -0.3 is 11.1 Å². The Kier molecular flexibility index (Phi) is 3.86. The van der Waals surface area contributed by atoms with E-state index in [1.165, 1.54) is 24.0 Å². The molecule has 0 spiro atoms. The summed E-state index contributed by atoms with van der Waals surface area (Å²) in [6.07, 6.45) is 5.45. The van der Waals surface area contributed by atoms with Crippen LogP contribution in [0.5, 0.6) is 0 Å². The first-order chi connectivity index (χ1) is 10.2. The second-order valence-electron chi connectivity index (χ2n) is 5.47. The van der Waals surface area contributed by atoms with Crippen molar-refractivity contribution in [3.63, 3.8) is 0 Å². The molecule has 1 aromatic carbocycles. The van der Waals surface area contributed by atoms with Crippen LogP contribution in [0, 0.1) is 6.92 Å². The van der Waals surface area contributed by atoms with Crippen molar-refractivity contribution >= 4 is 11.6 Å². The smallest absolute Gasteiger partial charge is 0.193 e. The van der Waals surface area contributed by atoms with Crippen molar-refractivity contribution in [3.8, 4) is 0 Å². The first-order valence-corrected chi connectivity index (χ1v) is 7.31. The van der Waals surface area contributed by atoms with Gasteiger partial charge in [-0.1, -0.05) is 12.1 Å². The van der Waals surface area contributed by atoms with E-state index in [4.69, 9.17) is 5.73 Å². The van der Waals surface area contributed by atoms with Crippen molar-refractivity contribution in [2.45, 2.75) is 32.7 Å². The Morgan fingerprint density at radius 2 is 2.10 bits per heavy atom. The lowest BCUT2D eigenvalue weighted by Crippen LogP contribution is -2.22. The molecule has 1 heterocycles. The summed E-state index contributed by atoms with van der Waals surface area (Å²) in [5, 5.41) is 3.16. The molecule has 0 saturated carbocycles. The lowest BCUT2D eigenvalue weighted by molar-refractivity contribution is 0.912. The third kappa shape index (κ3) is 3.40. The Morgan fingerprint density at radius 3 is 2.90 bits per heavy atom. The van der Waals surface area contributed by atoms with Gasteiger partial charge in [0.1, 0.15) is 0 Å². The molecule has 3 N–H and O–H groups in total. The van der Waals surface area contributed by atoms with E-state index >= 15 is 0 Å². The number of pyridine rings is 1. The molecule has 1 aromatic heterocycles. The maximum Gasteiger partial charge on any atom is 0.193 e. The summed E-state index contributed by atoms with van der Waals surface area (Å²) in [7, 11) is 0. The number of aryl methyl sites for hydroxylation is 3. The normalized spacial score (nSPS) is 14.0. The molecule has 0 fully saturated rings. The molecule has 4 heteroatoms. The molecule has 0 saturated heterocycles. The topological polar surface area (TPSA) is 63.3 Å². The van der Waals surface area contributed by atoms with E-state index in [1.807, 2.05) is 25.3 Å². The van der Waals surface area contributed by atoms with Crippen LogP contribution in [0.2, 0.25) is 0 Å². The van der Waals surface area contributed by atoms with E-state index in [2.05, 4.69) is 33.5 Å². The molecular formula is C17H20N4. The van der Waals surface area contributed by atoms with Gasteiger partial charge >= 0.3 is 0 Å². The molecule has 0 bridgehead atoms. The van der Waals surface area contributed by atoms with Gasteiger partial charge in [-0.2, -0.15) is 0 Å². The van der Waals surface area contributed by atoms with Crippen molar-refractivity contribution < 1.29 is 0 Å².